The van der Waals surface area contributed by atoms with Crippen molar-refractivity contribution in [3.8, 4) is 10.8 Å². The maximum absolute atomic E-state index is 14.7. The number of nitrogens with zero attached hydrogens (tertiary/aromatic N) is 6. The highest BCUT2D eigenvalue weighted by Gasteiger charge is 2.36. The number of halogens is 1. The zero-order valence-corrected chi connectivity index (χ0v) is 26.6. The highest BCUT2D eigenvalue weighted by atomic mass is 32.1. The van der Waals surface area contributed by atoms with Gasteiger partial charge in [-0.15, -0.1) is 4.80 Å². The summed E-state index contributed by atoms with van der Waals surface area (Å²) in [6.45, 7) is 7.16. The first-order valence-corrected chi connectivity index (χ1v) is 16.0. The molecule has 2 fully saturated rings. The molecule has 0 radical (unpaired) electrons. The van der Waals surface area contributed by atoms with Crippen molar-refractivity contribution in [1.82, 2.24) is 29.0 Å². The number of hydrogen-bond acceptors (Lipinski definition) is 9. The van der Waals surface area contributed by atoms with Crippen LogP contribution in [-0.4, -0.2) is 73.9 Å². The molecule has 2 saturated heterocycles. The van der Waals surface area contributed by atoms with E-state index in [0.717, 1.165) is 4.57 Å². The Morgan fingerprint density at radius 1 is 1.11 bits per heavy atom. The molecule has 45 heavy (non-hydrogen) atoms. The maximum atomic E-state index is 14.7. The summed E-state index contributed by atoms with van der Waals surface area (Å²) in [4.78, 5) is 46.1. The predicted molar refractivity (Wildman–Crippen MR) is 166 cm³/mol. The molecule has 0 saturated carbocycles. The third-order valence-corrected chi connectivity index (χ3v) is 9.89. The van der Waals surface area contributed by atoms with Crippen LogP contribution in [0.25, 0.3) is 15.2 Å². The Kier molecular flexibility index (Phi) is 8.89. The number of methoxy groups -OCH3 is 1. The van der Waals surface area contributed by atoms with E-state index < -0.39 is 29.2 Å². The van der Waals surface area contributed by atoms with Crippen LogP contribution in [0, 0.1) is 12.7 Å². The van der Waals surface area contributed by atoms with Gasteiger partial charge in [0.25, 0.3) is 5.56 Å². The van der Waals surface area contributed by atoms with Gasteiger partial charge in [-0.25, -0.2) is 13.8 Å². The Morgan fingerprint density at radius 3 is 2.53 bits per heavy atom. The minimum Gasteiger partial charge on any atom is -0.496 e. The Morgan fingerprint density at radius 2 is 1.84 bits per heavy atom. The number of thiophene rings is 1. The Hall–Kier alpha value is -3.88. The molecule has 4 aromatic rings. The minimum absolute atomic E-state index is 0.0620. The highest BCUT2D eigenvalue weighted by molar-refractivity contribution is 7.21. The SMILES string of the molecule is COc1ccc(F)cc1[C@H](Cn1c(=O)n(C2CCCN(C(C)C)C2=O)c(=O)c2c(C)c(-n3nccn3)sc21)OC1CCOCC1. The number of hydrogen-bond donors (Lipinski definition) is 0. The number of aromatic nitrogens is 5. The summed E-state index contributed by atoms with van der Waals surface area (Å²) in [5.74, 6) is -0.329. The second-order valence-corrected chi connectivity index (χ2v) is 12.7. The number of rotatable bonds is 9. The van der Waals surface area contributed by atoms with Gasteiger partial charge in [0, 0.05) is 36.9 Å². The fourth-order valence-electron chi connectivity index (χ4n) is 6.31. The minimum atomic E-state index is -0.957. The fraction of sp³-hybridized carbons (Fsp3) is 0.516. The van der Waals surface area contributed by atoms with Crippen LogP contribution in [0.1, 0.15) is 62.8 Å². The highest BCUT2D eigenvalue weighted by Crippen LogP contribution is 2.36. The number of carbonyl (C=O) groups is 1. The molecule has 240 valence electrons. The van der Waals surface area contributed by atoms with Crippen LogP contribution in [0.4, 0.5) is 4.39 Å². The van der Waals surface area contributed by atoms with Gasteiger partial charge in [-0.05, 0) is 64.7 Å². The van der Waals surface area contributed by atoms with E-state index in [1.165, 1.54) is 58.4 Å². The maximum Gasteiger partial charge on any atom is 0.332 e. The molecule has 1 amide bonds. The lowest BCUT2D eigenvalue weighted by Crippen LogP contribution is -2.52. The van der Waals surface area contributed by atoms with Crippen LogP contribution in [0.3, 0.4) is 0 Å². The molecular formula is C31H37FN6O6S. The monoisotopic (exact) mass is 640 g/mol. The van der Waals surface area contributed by atoms with E-state index in [2.05, 4.69) is 10.2 Å². The molecule has 2 aliphatic heterocycles. The normalized spacial score (nSPS) is 18.7. The van der Waals surface area contributed by atoms with E-state index in [1.807, 2.05) is 13.8 Å². The predicted octanol–water partition coefficient (Wildman–Crippen LogP) is 3.77. The van der Waals surface area contributed by atoms with Gasteiger partial charge in [0.1, 0.15) is 33.5 Å². The summed E-state index contributed by atoms with van der Waals surface area (Å²) in [6.07, 6.45) is 4.31. The number of ether oxygens (including phenoxy) is 3. The summed E-state index contributed by atoms with van der Waals surface area (Å²) in [6, 6.07) is 3.15. The molecule has 0 bridgehead atoms. The van der Waals surface area contributed by atoms with Gasteiger partial charge >= 0.3 is 5.69 Å². The molecule has 0 aliphatic carbocycles. The molecule has 3 aromatic heterocycles. The summed E-state index contributed by atoms with van der Waals surface area (Å²) in [5.41, 5.74) is -0.141. The first-order valence-electron chi connectivity index (χ1n) is 15.2. The third kappa shape index (κ3) is 5.82. The Balaban J connectivity index is 1.57. The summed E-state index contributed by atoms with van der Waals surface area (Å²) < 4.78 is 35.0. The second-order valence-electron chi connectivity index (χ2n) is 11.7. The van der Waals surface area contributed by atoms with Gasteiger partial charge in [0.2, 0.25) is 5.91 Å². The van der Waals surface area contributed by atoms with Crippen molar-refractivity contribution < 1.29 is 23.4 Å². The lowest BCUT2D eigenvalue weighted by atomic mass is 10.0. The zero-order chi connectivity index (χ0) is 31.8. The first kappa shape index (κ1) is 31.1. The van der Waals surface area contributed by atoms with Gasteiger partial charge < -0.3 is 19.1 Å². The lowest BCUT2D eigenvalue weighted by molar-refractivity contribution is -0.139. The summed E-state index contributed by atoms with van der Waals surface area (Å²) in [5, 5.41) is 9.40. The number of fused-ring (bicyclic) bond motifs is 1. The number of piperidine rings is 1. The topological polar surface area (TPSA) is 123 Å². The van der Waals surface area contributed by atoms with Crippen LogP contribution < -0.4 is 16.0 Å². The quantitative estimate of drug-likeness (QED) is 0.271. The van der Waals surface area contributed by atoms with Crippen molar-refractivity contribution in [3.63, 3.8) is 0 Å². The molecule has 12 nitrogen and oxygen atoms in total. The molecule has 0 spiro atoms. The summed E-state index contributed by atoms with van der Waals surface area (Å²) in [7, 11) is 1.49. The largest absolute Gasteiger partial charge is 0.496 e. The lowest BCUT2D eigenvalue weighted by Gasteiger charge is -2.35. The Bertz CT molecular complexity index is 1810. The average molecular weight is 641 g/mol. The van der Waals surface area contributed by atoms with Crippen molar-refractivity contribution in [2.24, 2.45) is 0 Å². The van der Waals surface area contributed by atoms with Crippen molar-refractivity contribution in [2.75, 3.05) is 26.9 Å². The molecule has 5 heterocycles. The molecular weight excluding hydrogens is 603 g/mol. The van der Waals surface area contributed by atoms with E-state index in [9.17, 15) is 18.8 Å². The van der Waals surface area contributed by atoms with Gasteiger partial charge in [-0.2, -0.15) is 10.2 Å². The van der Waals surface area contributed by atoms with Crippen molar-refractivity contribution in [3.05, 3.63) is 68.4 Å². The molecule has 2 aliphatic rings. The van der Waals surface area contributed by atoms with E-state index in [-0.39, 0.29) is 24.6 Å². The first-order chi connectivity index (χ1) is 21.7. The van der Waals surface area contributed by atoms with Gasteiger partial charge in [0.15, 0.2) is 0 Å². The number of likely N-dealkylation sites (tertiary alicyclic amines) is 1. The zero-order valence-electron chi connectivity index (χ0n) is 25.8. The van der Waals surface area contributed by atoms with Crippen LogP contribution in [-0.2, 0) is 20.8 Å². The van der Waals surface area contributed by atoms with Gasteiger partial charge in [-0.1, -0.05) is 11.3 Å². The van der Waals surface area contributed by atoms with Crippen LogP contribution in [0.2, 0.25) is 0 Å². The molecule has 1 aromatic carbocycles. The van der Waals surface area contributed by atoms with E-state index >= 15 is 0 Å². The van der Waals surface area contributed by atoms with Crippen LogP contribution >= 0.6 is 11.3 Å². The third-order valence-electron chi connectivity index (χ3n) is 8.61. The number of carbonyl (C=O) groups excluding carboxylic acids is 1. The van der Waals surface area contributed by atoms with Gasteiger partial charge in [-0.3, -0.25) is 14.2 Å². The second kappa shape index (κ2) is 12.9. The Labute approximate surface area is 262 Å². The van der Waals surface area contributed by atoms with Crippen molar-refractivity contribution in [1.29, 1.82) is 0 Å². The van der Waals surface area contributed by atoms with Crippen molar-refractivity contribution in [2.45, 2.75) is 77.3 Å². The smallest absolute Gasteiger partial charge is 0.332 e. The van der Waals surface area contributed by atoms with Crippen LogP contribution in [0.5, 0.6) is 5.75 Å². The van der Waals surface area contributed by atoms with E-state index in [0.29, 0.717) is 77.5 Å². The van der Waals surface area contributed by atoms with E-state index in [4.69, 9.17) is 14.2 Å². The number of amides is 1. The van der Waals surface area contributed by atoms with E-state index in [1.54, 1.807) is 11.8 Å². The van der Waals surface area contributed by atoms with Crippen molar-refractivity contribution >= 4 is 27.5 Å². The molecule has 2 atom stereocenters. The molecule has 14 heteroatoms. The molecule has 1 unspecified atom stereocenters. The average Bonchev–Trinajstić information content (AvgIpc) is 3.68. The molecule has 0 N–H and O–H groups in total. The number of benzene rings is 1. The standard InChI is InChI=1S/C31H37FN6O6S/c1-18(2)35-13-5-6-23(27(35)39)37-28(40)26-19(3)29(38-33-11-12-34-38)45-30(26)36(31(37)41)17-25(44-21-9-14-43-15-10-21)22-16-20(32)7-8-24(22)42-4/h7-8,11-12,16,18,21,23,25H,5-6,9-10,13-15,17H2,1-4H3/t23?,25-/m0/s1. The molecule has 6 rings (SSSR count). The summed E-state index contributed by atoms with van der Waals surface area (Å²) >= 11 is 1.21. The number of aryl methyl sites for hydroxylation is 1. The van der Waals surface area contributed by atoms with Gasteiger partial charge in [0.05, 0.1) is 37.5 Å². The van der Waals surface area contributed by atoms with Crippen LogP contribution in [0.15, 0.2) is 40.2 Å². The fourth-order valence-corrected chi connectivity index (χ4v) is 7.53.